The van der Waals surface area contributed by atoms with Crippen LogP contribution >= 0.6 is 0 Å². The summed E-state index contributed by atoms with van der Waals surface area (Å²) in [5.41, 5.74) is -2.21. The molecule has 1 aromatic heterocycles. The van der Waals surface area contributed by atoms with E-state index < -0.39 is 58.7 Å². The molecule has 0 fully saturated rings. The van der Waals surface area contributed by atoms with Gasteiger partial charge in [0.2, 0.25) is 5.88 Å². The van der Waals surface area contributed by atoms with Crippen molar-refractivity contribution in [1.29, 1.82) is 0 Å². The summed E-state index contributed by atoms with van der Waals surface area (Å²) in [5.74, 6) is -4.02. The van der Waals surface area contributed by atoms with Gasteiger partial charge in [0, 0.05) is 42.4 Å². The molecule has 0 aliphatic rings. The Kier molecular flexibility index (Phi) is 11.1. The van der Waals surface area contributed by atoms with Gasteiger partial charge in [-0.15, -0.1) is 0 Å². The Balaban J connectivity index is 2.11. The zero-order valence-electron chi connectivity index (χ0n) is 24.9. The Morgan fingerprint density at radius 2 is 1.76 bits per heavy atom. The molecule has 2 aromatic carbocycles. The average molecular weight is 639 g/mol. The van der Waals surface area contributed by atoms with Gasteiger partial charge < -0.3 is 29.2 Å². The van der Waals surface area contributed by atoms with Gasteiger partial charge in [0.1, 0.15) is 17.0 Å². The zero-order chi connectivity index (χ0) is 33.5. The number of aromatic nitrogens is 1. The minimum Gasteiger partial charge on any atom is -0.481 e. The molecule has 45 heavy (non-hydrogen) atoms. The molecule has 3 rings (SSSR count). The largest absolute Gasteiger partial charge is 0.481 e. The van der Waals surface area contributed by atoms with E-state index in [1.54, 1.807) is 20.8 Å². The third kappa shape index (κ3) is 9.17. The van der Waals surface area contributed by atoms with Crippen LogP contribution in [0.25, 0.3) is 0 Å². The Hall–Kier alpha value is -5.15. The van der Waals surface area contributed by atoms with Crippen molar-refractivity contribution in [3.8, 4) is 11.6 Å². The second-order valence-corrected chi connectivity index (χ2v) is 10.3. The highest BCUT2D eigenvalue weighted by Gasteiger charge is 2.27. The lowest BCUT2D eigenvalue weighted by atomic mass is 10.1. The molecule has 0 saturated heterocycles. The maximum atomic E-state index is 14.2. The van der Waals surface area contributed by atoms with Crippen LogP contribution in [0.5, 0.6) is 11.6 Å². The highest BCUT2D eigenvalue weighted by atomic mass is 19.3. The molecule has 242 valence electrons. The molecule has 0 atom stereocenters. The van der Waals surface area contributed by atoms with E-state index in [0.717, 1.165) is 12.0 Å². The Morgan fingerprint density at radius 3 is 2.36 bits per heavy atom. The summed E-state index contributed by atoms with van der Waals surface area (Å²) in [5, 5.41) is 14.3. The minimum absolute atomic E-state index is 0.0344. The van der Waals surface area contributed by atoms with Crippen LogP contribution in [0.4, 0.5) is 39.4 Å². The molecule has 12 nitrogen and oxygen atoms in total. The van der Waals surface area contributed by atoms with Gasteiger partial charge in [-0.25, -0.2) is 23.4 Å². The van der Waals surface area contributed by atoms with E-state index in [-0.39, 0.29) is 47.2 Å². The normalized spacial score (nSPS) is 11.2. The number of rotatable bonds is 12. The highest BCUT2D eigenvalue weighted by molar-refractivity contribution is 5.96. The van der Waals surface area contributed by atoms with Crippen LogP contribution in [-0.2, 0) is 22.4 Å². The third-order valence-corrected chi connectivity index (χ3v) is 6.03. The first-order chi connectivity index (χ1) is 21.1. The number of nitrogens with zero attached hydrogens (tertiary/aromatic N) is 3. The maximum Gasteiger partial charge on any atom is 0.410 e. The van der Waals surface area contributed by atoms with E-state index >= 15 is 0 Å². The molecule has 0 radical (unpaired) electrons. The van der Waals surface area contributed by atoms with E-state index in [1.165, 1.54) is 37.4 Å². The SMILES string of the molecule is COC(=O)c1cc(F)c(F)cc1Nc1cccc(OC(F)F)c1CN(CCc1nc(OC)ccc1[N+](=O)[O-])C(=O)OC(C)(C)C. The standard InChI is InChI=1S/C29H30F4N4O8/c1-29(2,3)45-28(39)36(12-11-21-23(37(40)41)9-10-25(35-21)42-4)15-17-20(7-6-8-24(17)44-27(32)33)34-22-14-19(31)18(30)13-16(22)26(38)43-5/h6-10,13-14,27,34H,11-12,15H2,1-5H3. The molecular formula is C29H30F4N4O8. The number of alkyl halides is 2. The number of anilines is 2. The van der Waals surface area contributed by atoms with Crippen molar-refractivity contribution in [3.05, 3.63) is 81.0 Å². The number of carbonyl (C=O) groups is 2. The molecule has 0 bridgehead atoms. The molecule has 0 spiro atoms. The summed E-state index contributed by atoms with van der Waals surface area (Å²) in [4.78, 5) is 41.8. The number of ether oxygens (including phenoxy) is 4. The fraction of sp³-hybridized carbons (Fsp3) is 0.345. The van der Waals surface area contributed by atoms with Gasteiger partial charge in [-0.3, -0.25) is 10.1 Å². The number of methoxy groups -OCH3 is 2. The van der Waals surface area contributed by atoms with E-state index in [1.807, 2.05) is 0 Å². The van der Waals surface area contributed by atoms with Gasteiger partial charge in [-0.1, -0.05) is 6.07 Å². The molecule has 1 heterocycles. The first-order valence-corrected chi connectivity index (χ1v) is 13.2. The summed E-state index contributed by atoms with van der Waals surface area (Å²) in [6, 6.07) is 7.60. The van der Waals surface area contributed by atoms with E-state index in [0.29, 0.717) is 12.1 Å². The van der Waals surface area contributed by atoms with Crippen molar-refractivity contribution in [1.82, 2.24) is 9.88 Å². The molecule has 0 aliphatic carbocycles. The van der Waals surface area contributed by atoms with Crippen LogP contribution in [-0.4, -0.2) is 59.8 Å². The fourth-order valence-electron chi connectivity index (χ4n) is 4.06. The number of halogens is 4. The lowest BCUT2D eigenvalue weighted by molar-refractivity contribution is -0.386. The number of carbonyl (C=O) groups excluding carboxylic acids is 2. The number of nitro groups is 1. The molecule has 3 aromatic rings. The number of esters is 1. The van der Waals surface area contributed by atoms with E-state index in [4.69, 9.17) is 14.2 Å². The first kappa shape index (κ1) is 34.3. The summed E-state index contributed by atoms with van der Waals surface area (Å²) < 4.78 is 75.1. The highest BCUT2D eigenvalue weighted by Crippen LogP contribution is 2.34. The van der Waals surface area contributed by atoms with Crippen molar-refractivity contribution < 1.29 is 51.0 Å². The van der Waals surface area contributed by atoms with Gasteiger partial charge in [0.05, 0.1) is 36.9 Å². The van der Waals surface area contributed by atoms with Gasteiger partial charge in [-0.05, 0) is 39.0 Å². The number of benzene rings is 2. The average Bonchev–Trinajstić information content (AvgIpc) is 2.96. The quantitative estimate of drug-likeness (QED) is 0.103. The van der Waals surface area contributed by atoms with Crippen LogP contribution in [0.15, 0.2) is 42.5 Å². The van der Waals surface area contributed by atoms with Gasteiger partial charge >= 0.3 is 18.7 Å². The van der Waals surface area contributed by atoms with Gasteiger partial charge in [0.25, 0.3) is 5.69 Å². The third-order valence-electron chi connectivity index (χ3n) is 6.03. The maximum absolute atomic E-state index is 14.2. The van der Waals surface area contributed by atoms with Crippen LogP contribution in [0, 0.1) is 21.7 Å². The first-order valence-electron chi connectivity index (χ1n) is 13.2. The van der Waals surface area contributed by atoms with Crippen LogP contribution in [0.2, 0.25) is 0 Å². The van der Waals surface area contributed by atoms with Crippen molar-refractivity contribution in [2.75, 3.05) is 26.1 Å². The zero-order valence-corrected chi connectivity index (χ0v) is 24.9. The van der Waals surface area contributed by atoms with Crippen molar-refractivity contribution in [2.45, 2.75) is 45.9 Å². The van der Waals surface area contributed by atoms with E-state index in [2.05, 4.69) is 15.0 Å². The summed E-state index contributed by atoms with van der Waals surface area (Å²) in [6.45, 7) is 0.722. The molecule has 1 N–H and O–H groups in total. The van der Waals surface area contributed by atoms with Crippen molar-refractivity contribution >= 4 is 29.1 Å². The minimum atomic E-state index is -3.30. The van der Waals surface area contributed by atoms with Crippen LogP contribution in [0.3, 0.4) is 0 Å². The fourth-order valence-corrected chi connectivity index (χ4v) is 4.06. The molecule has 16 heteroatoms. The number of hydrogen-bond acceptors (Lipinski definition) is 10. The predicted molar refractivity (Wildman–Crippen MR) is 152 cm³/mol. The number of amides is 1. The van der Waals surface area contributed by atoms with Crippen molar-refractivity contribution in [3.63, 3.8) is 0 Å². The van der Waals surface area contributed by atoms with Gasteiger partial charge in [-0.2, -0.15) is 8.78 Å². The molecule has 0 saturated carbocycles. The Bertz CT molecular complexity index is 1570. The Morgan fingerprint density at radius 1 is 1.07 bits per heavy atom. The molecule has 1 amide bonds. The number of hydrogen-bond donors (Lipinski definition) is 1. The topological polar surface area (TPSA) is 142 Å². The second kappa shape index (κ2) is 14.5. The number of nitrogens with one attached hydrogen (secondary N) is 1. The molecule has 0 unspecified atom stereocenters. The second-order valence-electron chi connectivity index (χ2n) is 10.3. The lowest BCUT2D eigenvalue weighted by Gasteiger charge is -2.29. The predicted octanol–water partition coefficient (Wildman–Crippen LogP) is 6.39. The monoisotopic (exact) mass is 638 g/mol. The number of pyridine rings is 1. The lowest BCUT2D eigenvalue weighted by Crippen LogP contribution is -2.38. The van der Waals surface area contributed by atoms with Crippen LogP contribution in [0.1, 0.15) is 42.4 Å². The smallest absolute Gasteiger partial charge is 0.410 e. The molecule has 0 aliphatic heterocycles. The van der Waals surface area contributed by atoms with Crippen LogP contribution < -0.4 is 14.8 Å². The summed E-state index contributed by atoms with van der Waals surface area (Å²) in [6.07, 6.45) is -1.11. The summed E-state index contributed by atoms with van der Waals surface area (Å²) in [7, 11) is 2.34. The van der Waals surface area contributed by atoms with Gasteiger partial charge in [0.15, 0.2) is 11.6 Å². The van der Waals surface area contributed by atoms with E-state index in [9.17, 15) is 37.3 Å². The molecular weight excluding hydrogens is 608 g/mol. The Labute approximate surface area is 255 Å². The summed E-state index contributed by atoms with van der Waals surface area (Å²) >= 11 is 0. The van der Waals surface area contributed by atoms with Crippen molar-refractivity contribution in [2.24, 2.45) is 0 Å².